The number of aryl methyl sites for hydroxylation is 2. The molecule has 2 N–H and O–H groups in total. The number of rotatable bonds is 6. The molecule has 1 heterocycles. The van der Waals surface area contributed by atoms with Crippen LogP contribution in [0, 0.1) is 17.8 Å². The minimum atomic E-state index is 0.754. The SMILES string of the molecule is CCCC1CCC(CN)C(CCc2cnn(C)c2)C1. The summed E-state index contributed by atoms with van der Waals surface area (Å²) in [4.78, 5) is 0. The first-order chi connectivity index (χ1) is 9.22. The van der Waals surface area contributed by atoms with Gasteiger partial charge in [0.15, 0.2) is 0 Å². The Morgan fingerprint density at radius 1 is 1.32 bits per heavy atom. The minimum absolute atomic E-state index is 0.754. The van der Waals surface area contributed by atoms with Crippen LogP contribution in [0.25, 0.3) is 0 Å². The summed E-state index contributed by atoms with van der Waals surface area (Å²) in [5.41, 5.74) is 7.34. The molecule has 3 nitrogen and oxygen atoms in total. The fourth-order valence-electron chi connectivity index (χ4n) is 3.71. The van der Waals surface area contributed by atoms with Gasteiger partial charge >= 0.3 is 0 Å². The largest absolute Gasteiger partial charge is 0.330 e. The third kappa shape index (κ3) is 4.07. The topological polar surface area (TPSA) is 43.8 Å². The van der Waals surface area contributed by atoms with Crippen molar-refractivity contribution in [1.82, 2.24) is 9.78 Å². The number of nitrogens with two attached hydrogens (primary N) is 1. The van der Waals surface area contributed by atoms with E-state index in [0.29, 0.717) is 0 Å². The zero-order valence-electron chi connectivity index (χ0n) is 12.5. The third-order valence-electron chi connectivity index (χ3n) is 4.81. The second-order valence-electron chi connectivity index (χ2n) is 6.28. The van der Waals surface area contributed by atoms with E-state index in [0.717, 1.165) is 30.7 Å². The second kappa shape index (κ2) is 7.09. The molecule has 0 aliphatic heterocycles. The number of hydrogen-bond acceptors (Lipinski definition) is 2. The highest BCUT2D eigenvalue weighted by atomic mass is 15.2. The lowest BCUT2D eigenvalue weighted by atomic mass is 9.71. The van der Waals surface area contributed by atoms with Crippen LogP contribution in [0.2, 0.25) is 0 Å². The Balaban J connectivity index is 1.87. The molecule has 19 heavy (non-hydrogen) atoms. The first-order valence-electron chi connectivity index (χ1n) is 7.90. The Morgan fingerprint density at radius 3 is 2.79 bits per heavy atom. The summed E-state index contributed by atoms with van der Waals surface area (Å²) in [6, 6.07) is 0. The van der Waals surface area contributed by atoms with Crippen molar-refractivity contribution >= 4 is 0 Å². The van der Waals surface area contributed by atoms with Crippen molar-refractivity contribution in [3.05, 3.63) is 18.0 Å². The van der Waals surface area contributed by atoms with E-state index in [-0.39, 0.29) is 0 Å². The van der Waals surface area contributed by atoms with E-state index < -0.39 is 0 Å². The molecule has 2 rings (SSSR count). The molecule has 0 amide bonds. The van der Waals surface area contributed by atoms with E-state index in [1.807, 2.05) is 17.9 Å². The van der Waals surface area contributed by atoms with Crippen LogP contribution in [0.3, 0.4) is 0 Å². The highest BCUT2D eigenvalue weighted by molar-refractivity contribution is 5.04. The summed E-state index contributed by atoms with van der Waals surface area (Å²) in [7, 11) is 1.99. The van der Waals surface area contributed by atoms with Gasteiger partial charge in [-0.3, -0.25) is 4.68 Å². The predicted molar refractivity (Wildman–Crippen MR) is 79.8 cm³/mol. The molecule has 3 atom stereocenters. The first-order valence-corrected chi connectivity index (χ1v) is 7.90. The maximum Gasteiger partial charge on any atom is 0.0521 e. The quantitative estimate of drug-likeness (QED) is 0.857. The van der Waals surface area contributed by atoms with Gasteiger partial charge in [-0.25, -0.2) is 0 Å². The van der Waals surface area contributed by atoms with Gasteiger partial charge in [-0.15, -0.1) is 0 Å². The van der Waals surface area contributed by atoms with Gasteiger partial charge < -0.3 is 5.73 Å². The van der Waals surface area contributed by atoms with Crippen molar-refractivity contribution in [2.24, 2.45) is 30.5 Å². The third-order valence-corrected chi connectivity index (χ3v) is 4.81. The molecular formula is C16H29N3. The fourth-order valence-corrected chi connectivity index (χ4v) is 3.71. The molecule has 0 bridgehead atoms. The van der Waals surface area contributed by atoms with Gasteiger partial charge in [0.1, 0.15) is 0 Å². The molecule has 1 aromatic rings. The molecule has 1 fully saturated rings. The minimum Gasteiger partial charge on any atom is -0.330 e. The van der Waals surface area contributed by atoms with Crippen molar-refractivity contribution in [2.45, 2.75) is 51.9 Å². The number of nitrogens with zero attached hydrogens (tertiary/aromatic N) is 2. The molecule has 1 aliphatic rings. The molecule has 3 heteroatoms. The Bertz CT molecular complexity index is 372. The molecular weight excluding hydrogens is 234 g/mol. The van der Waals surface area contributed by atoms with Crippen LogP contribution in [0.1, 0.15) is 51.0 Å². The zero-order valence-corrected chi connectivity index (χ0v) is 12.5. The molecule has 3 unspecified atom stereocenters. The van der Waals surface area contributed by atoms with E-state index in [1.165, 1.54) is 44.1 Å². The lowest BCUT2D eigenvalue weighted by Gasteiger charge is -2.35. The summed E-state index contributed by atoms with van der Waals surface area (Å²) >= 11 is 0. The summed E-state index contributed by atoms with van der Waals surface area (Å²) in [6.45, 7) is 3.18. The van der Waals surface area contributed by atoms with Crippen LogP contribution in [-0.2, 0) is 13.5 Å². The standard InChI is InChI=1S/C16H29N3/c1-3-4-13-5-8-16(10-17)15(9-13)7-6-14-11-18-19(2)12-14/h11-13,15-16H,3-10,17H2,1-2H3. The maximum absolute atomic E-state index is 5.97. The van der Waals surface area contributed by atoms with Crippen LogP contribution in [-0.4, -0.2) is 16.3 Å². The van der Waals surface area contributed by atoms with Gasteiger partial charge in [-0.05, 0) is 55.5 Å². The second-order valence-corrected chi connectivity index (χ2v) is 6.28. The Hall–Kier alpha value is -0.830. The molecule has 0 aromatic carbocycles. The van der Waals surface area contributed by atoms with E-state index in [4.69, 9.17) is 5.73 Å². The van der Waals surface area contributed by atoms with Crippen molar-refractivity contribution in [3.8, 4) is 0 Å². The summed E-state index contributed by atoms with van der Waals surface area (Å²) in [5.74, 6) is 2.53. The predicted octanol–water partition coefficient (Wildman–Crippen LogP) is 3.14. The van der Waals surface area contributed by atoms with Crippen LogP contribution in [0.4, 0.5) is 0 Å². The fraction of sp³-hybridized carbons (Fsp3) is 0.812. The summed E-state index contributed by atoms with van der Waals surface area (Å²) in [6.07, 6.45) is 13.5. The Morgan fingerprint density at radius 2 is 2.16 bits per heavy atom. The van der Waals surface area contributed by atoms with Gasteiger partial charge in [0.05, 0.1) is 6.20 Å². The maximum atomic E-state index is 5.97. The van der Waals surface area contributed by atoms with Crippen LogP contribution in [0.15, 0.2) is 12.4 Å². The van der Waals surface area contributed by atoms with Gasteiger partial charge in [0.2, 0.25) is 0 Å². The molecule has 1 aliphatic carbocycles. The molecule has 0 radical (unpaired) electrons. The van der Waals surface area contributed by atoms with Gasteiger partial charge in [-0.2, -0.15) is 5.10 Å². The van der Waals surface area contributed by atoms with Crippen LogP contribution >= 0.6 is 0 Å². The van der Waals surface area contributed by atoms with Gasteiger partial charge in [0.25, 0.3) is 0 Å². The van der Waals surface area contributed by atoms with Crippen LogP contribution < -0.4 is 5.73 Å². The lowest BCUT2D eigenvalue weighted by Crippen LogP contribution is -2.30. The smallest absolute Gasteiger partial charge is 0.0521 e. The highest BCUT2D eigenvalue weighted by Crippen LogP contribution is 2.38. The number of aromatic nitrogens is 2. The van der Waals surface area contributed by atoms with Crippen molar-refractivity contribution in [2.75, 3.05) is 6.54 Å². The first kappa shape index (κ1) is 14.6. The monoisotopic (exact) mass is 263 g/mol. The van der Waals surface area contributed by atoms with E-state index in [2.05, 4.69) is 18.2 Å². The molecule has 1 aromatic heterocycles. The Labute approximate surface area is 117 Å². The summed E-state index contributed by atoms with van der Waals surface area (Å²) in [5, 5.41) is 4.26. The summed E-state index contributed by atoms with van der Waals surface area (Å²) < 4.78 is 1.90. The molecule has 108 valence electrons. The van der Waals surface area contributed by atoms with Crippen molar-refractivity contribution in [1.29, 1.82) is 0 Å². The zero-order chi connectivity index (χ0) is 13.7. The average Bonchev–Trinajstić information content (AvgIpc) is 2.83. The lowest BCUT2D eigenvalue weighted by molar-refractivity contribution is 0.167. The highest BCUT2D eigenvalue weighted by Gasteiger charge is 2.28. The Kier molecular flexibility index (Phi) is 5.44. The van der Waals surface area contributed by atoms with Crippen molar-refractivity contribution < 1.29 is 0 Å². The van der Waals surface area contributed by atoms with E-state index >= 15 is 0 Å². The van der Waals surface area contributed by atoms with Crippen LogP contribution in [0.5, 0.6) is 0 Å². The number of hydrogen-bond donors (Lipinski definition) is 1. The molecule has 0 spiro atoms. The average molecular weight is 263 g/mol. The van der Waals surface area contributed by atoms with E-state index in [1.54, 1.807) is 0 Å². The van der Waals surface area contributed by atoms with E-state index in [9.17, 15) is 0 Å². The van der Waals surface area contributed by atoms with Gasteiger partial charge in [-0.1, -0.05) is 26.2 Å². The van der Waals surface area contributed by atoms with Gasteiger partial charge in [0, 0.05) is 13.2 Å². The normalized spacial score (nSPS) is 27.6. The molecule has 0 saturated heterocycles. The molecule has 1 saturated carbocycles. The van der Waals surface area contributed by atoms with Crippen molar-refractivity contribution in [3.63, 3.8) is 0 Å².